The zero-order valence-electron chi connectivity index (χ0n) is 3.73. The summed E-state index contributed by atoms with van der Waals surface area (Å²) in [6.07, 6.45) is 0. The maximum atomic E-state index is 6.40. The van der Waals surface area contributed by atoms with Crippen LogP contribution in [0.4, 0.5) is 0 Å². The molecule has 0 rings (SSSR count). The van der Waals surface area contributed by atoms with Gasteiger partial charge in [-0.1, -0.05) is 0 Å². The molecular weight excluding hydrogens is 113 g/mol. The summed E-state index contributed by atoms with van der Waals surface area (Å²) in [5, 5.41) is 0. The molecule has 1 unspecified atom stereocenters. The van der Waals surface area contributed by atoms with Crippen LogP contribution in [0.25, 0.3) is 0 Å². The van der Waals surface area contributed by atoms with Crippen LogP contribution in [0.1, 0.15) is 0 Å². The van der Waals surface area contributed by atoms with Crippen LogP contribution < -0.4 is 51.4 Å². The van der Waals surface area contributed by atoms with Gasteiger partial charge < -0.3 is 9.18 Å². The predicted octanol–water partition coefficient (Wildman–Crippen LogP) is -2.03. The SMILES string of the molecule is [2H][P-]CP.[K+]. The molecule has 0 fully saturated rings. The molecule has 0 aliphatic rings. The summed E-state index contributed by atoms with van der Waals surface area (Å²) in [4.78, 5) is 0. The molecule has 0 nitrogen and oxygen atoms in total. The second-order valence-electron chi connectivity index (χ2n) is 0.183. The Balaban J connectivity index is 0. The van der Waals surface area contributed by atoms with E-state index in [9.17, 15) is 0 Å². The monoisotopic (exact) mass is 119 g/mol. The Morgan fingerprint density at radius 2 is 2.50 bits per heavy atom. The molecule has 0 heterocycles. The number of hydrogen-bond acceptors (Lipinski definition) is 0. The van der Waals surface area contributed by atoms with E-state index < -0.39 is 0 Å². The molecule has 1 atom stereocenters. The van der Waals surface area contributed by atoms with Crippen LogP contribution >= 0.6 is 18.4 Å². The zero-order chi connectivity index (χ0) is 3.41. The minimum atomic E-state index is 0. The Morgan fingerprint density at radius 1 is 2.25 bits per heavy atom. The van der Waals surface area contributed by atoms with E-state index in [0.717, 1.165) is 5.90 Å². The van der Waals surface area contributed by atoms with Crippen molar-refractivity contribution in [1.29, 1.82) is 1.28 Å². The molecule has 20 valence electrons. The maximum absolute atomic E-state index is 6.40. The molecule has 4 heavy (non-hydrogen) atoms. The molecular formula is CH5KP2. The van der Waals surface area contributed by atoms with E-state index in [1.165, 1.54) is 0 Å². The largest absolute Gasteiger partial charge is 1.00 e. The van der Waals surface area contributed by atoms with Crippen molar-refractivity contribution < 1.29 is 51.4 Å². The normalized spacial score (nSPS) is 10.8. The van der Waals surface area contributed by atoms with E-state index in [1.54, 1.807) is 0 Å². The fourth-order valence-corrected chi connectivity index (χ4v) is 0. The van der Waals surface area contributed by atoms with Crippen LogP contribution in [0.5, 0.6) is 0 Å². The Kier molecular flexibility index (Phi) is 14.8. The minimum absolute atomic E-state index is 0. The summed E-state index contributed by atoms with van der Waals surface area (Å²) in [6, 6.07) is 0. The summed E-state index contributed by atoms with van der Waals surface area (Å²) in [5.41, 5.74) is 0. The molecule has 0 aromatic heterocycles. The second kappa shape index (κ2) is 9.09. The third-order valence-electron chi connectivity index (χ3n) is 0. The smallest absolute Gasteiger partial charge is 0.554 e. The first-order chi connectivity index (χ1) is 1.91. The van der Waals surface area contributed by atoms with Gasteiger partial charge in [0.25, 0.3) is 0 Å². The van der Waals surface area contributed by atoms with Gasteiger partial charge in [0, 0.05) is 0 Å². The standard InChI is InChI=1S/CH5P2.K/c2-1-3;/h2H,1,3H2;/q-1;+1/i2D;. The summed E-state index contributed by atoms with van der Waals surface area (Å²) < 4.78 is 6.40. The van der Waals surface area contributed by atoms with Crippen LogP contribution in [0.15, 0.2) is 0 Å². The van der Waals surface area contributed by atoms with Gasteiger partial charge in [0.05, 0.1) is 0 Å². The molecule has 0 saturated heterocycles. The predicted molar refractivity (Wildman–Crippen MR) is 22.9 cm³/mol. The average Bonchev–Trinajstić information content (AvgIpc) is 1.37. The molecule has 3 heteroatoms. The van der Waals surface area contributed by atoms with Crippen molar-refractivity contribution in [2.45, 2.75) is 0 Å². The molecule has 0 aromatic rings. The van der Waals surface area contributed by atoms with E-state index in [4.69, 9.17) is 1.28 Å². The van der Waals surface area contributed by atoms with Gasteiger partial charge in [-0.05, 0) is 0 Å². The van der Waals surface area contributed by atoms with Crippen molar-refractivity contribution in [2.75, 3.05) is 5.90 Å². The van der Waals surface area contributed by atoms with E-state index in [2.05, 4.69) is 9.24 Å². The van der Waals surface area contributed by atoms with Crippen molar-refractivity contribution >= 4 is 18.4 Å². The summed E-state index contributed by atoms with van der Waals surface area (Å²) in [6.45, 7) is 0. The van der Waals surface area contributed by atoms with E-state index in [0.29, 0.717) is 9.18 Å². The van der Waals surface area contributed by atoms with Crippen molar-refractivity contribution in [1.82, 2.24) is 0 Å². The van der Waals surface area contributed by atoms with E-state index in [1.807, 2.05) is 0 Å². The summed E-state index contributed by atoms with van der Waals surface area (Å²) in [5.74, 6) is 0.875. The van der Waals surface area contributed by atoms with Crippen LogP contribution in [0.2, 0.25) is 0 Å². The average molecular weight is 119 g/mol. The van der Waals surface area contributed by atoms with Crippen molar-refractivity contribution in [3.8, 4) is 0 Å². The van der Waals surface area contributed by atoms with Gasteiger partial charge in [0.15, 0.2) is 0 Å². The van der Waals surface area contributed by atoms with Gasteiger partial charge in [0.2, 0.25) is 0 Å². The van der Waals surface area contributed by atoms with Gasteiger partial charge in [-0.15, -0.1) is 0 Å². The fourth-order valence-electron chi connectivity index (χ4n) is 0. The van der Waals surface area contributed by atoms with Gasteiger partial charge in [-0.25, -0.2) is 1.28 Å². The molecule has 0 N–H and O–H groups in total. The van der Waals surface area contributed by atoms with Gasteiger partial charge >= 0.3 is 51.4 Å². The fraction of sp³-hybridized carbons (Fsp3) is 1.00. The zero-order valence-corrected chi connectivity index (χ0v) is 7.90. The molecule has 0 aliphatic carbocycles. The van der Waals surface area contributed by atoms with Gasteiger partial charge in [-0.2, -0.15) is 15.1 Å². The maximum Gasteiger partial charge on any atom is 1.00 e. The van der Waals surface area contributed by atoms with Crippen LogP contribution in [0.3, 0.4) is 0 Å². The first-order valence-electron chi connectivity index (χ1n) is 1.17. The van der Waals surface area contributed by atoms with Crippen LogP contribution in [0, 0.1) is 0 Å². The first-order valence-corrected chi connectivity index (χ1v) is 2.17. The van der Waals surface area contributed by atoms with Crippen LogP contribution in [-0.4, -0.2) is 7.18 Å². The van der Waals surface area contributed by atoms with E-state index in [-0.39, 0.29) is 51.4 Å². The molecule has 0 spiro atoms. The topological polar surface area (TPSA) is 0 Å². The Bertz CT molecular complexity index is 11.6. The molecule has 0 aromatic carbocycles. The quantitative estimate of drug-likeness (QED) is 0.276. The first kappa shape index (κ1) is 6.50. The van der Waals surface area contributed by atoms with Gasteiger partial charge in [-0.3, -0.25) is 0 Å². The summed E-state index contributed by atoms with van der Waals surface area (Å²) >= 11 is 0. The third-order valence-corrected chi connectivity index (χ3v) is 0. The Hall–Kier alpha value is 2.50. The number of hydrogen-bond donors (Lipinski definition) is 0. The van der Waals surface area contributed by atoms with Crippen LogP contribution in [-0.2, 0) is 0 Å². The van der Waals surface area contributed by atoms with Crippen molar-refractivity contribution in [3.63, 3.8) is 0 Å². The molecule has 0 radical (unpaired) electrons. The van der Waals surface area contributed by atoms with Crippen molar-refractivity contribution in [2.24, 2.45) is 0 Å². The molecule has 0 bridgehead atoms. The molecule has 0 amide bonds. The Labute approximate surface area is 75.6 Å². The minimum Gasteiger partial charge on any atom is -0.554 e. The molecule has 0 saturated carbocycles. The van der Waals surface area contributed by atoms with Gasteiger partial charge in [0.1, 0.15) is 0 Å². The summed E-state index contributed by atoms with van der Waals surface area (Å²) in [7, 11) is 3.17. The second-order valence-corrected chi connectivity index (χ2v) is 1.64. The Morgan fingerprint density at radius 3 is 2.50 bits per heavy atom. The molecule has 0 aliphatic heterocycles. The van der Waals surface area contributed by atoms with E-state index >= 15 is 0 Å². The third kappa shape index (κ3) is 8.82. The number of rotatable bonds is 1. The van der Waals surface area contributed by atoms with Crippen molar-refractivity contribution in [3.05, 3.63) is 0 Å².